The van der Waals surface area contributed by atoms with Gasteiger partial charge in [0.1, 0.15) is 17.3 Å². The first kappa shape index (κ1) is 20.0. The first-order valence-electron chi connectivity index (χ1n) is 9.07. The third kappa shape index (κ3) is 4.06. The summed E-state index contributed by atoms with van der Waals surface area (Å²) in [6.45, 7) is 0. The number of fused-ring (bicyclic) bond motifs is 1. The van der Waals surface area contributed by atoms with Gasteiger partial charge in [0.05, 0.1) is 43.5 Å². The molecule has 0 N–H and O–H groups in total. The molecule has 29 heavy (non-hydrogen) atoms. The molecule has 6 nitrogen and oxygen atoms in total. The van der Waals surface area contributed by atoms with Crippen molar-refractivity contribution >= 4 is 32.5 Å². The van der Waals surface area contributed by atoms with E-state index in [-0.39, 0.29) is 29.4 Å². The van der Waals surface area contributed by atoms with Crippen LogP contribution in [-0.2, 0) is 15.6 Å². The van der Waals surface area contributed by atoms with E-state index >= 15 is 0 Å². The zero-order valence-corrected chi connectivity index (χ0v) is 17.7. The second-order valence-electron chi connectivity index (χ2n) is 6.95. The second kappa shape index (κ2) is 7.87. The van der Waals surface area contributed by atoms with Crippen molar-refractivity contribution in [2.75, 3.05) is 30.6 Å². The normalized spacial score (nSPS) is 22.3. The van der Waals surface area contributed by atoms with E-state index in [1.807, 2.05) is 17.0 Å². The van der Waals surface area contributed by atoms with Gasteiger partial charge in [0.15, 0.2) is 15.0 Å². The van der Waals surface area contributed by atoms with Gasteiger partial charge in [-0.15, -0.1) is 0 Å². The van der Waals surface area contributed by atoms with E-state index in [9.17, 15) is 12.8 Å². The van der Waals surface area contributed by atoms with E-state index in [2.05, 4.69) is 0 Å². The first-order chi connectivity index (χ1) is 13.9. The van der Waals surface area contributed by atoms with Crippen molar-refractivity contribution in [2.24, 2.45) is 4.99 Å². The van der Waals surface area contributed by atoms with Crippen LogP contribution in [0.4, 0.5) is 10.1 Å². The number of anilines is 1. The number of nitrogens with zero attached hydrogens (tertiary/aromatic N) is 2. The van der Waals surface area contributed by atoms with Crippen LogP contribution < -0.4 is 14.4 Å². The summed E-state index contributed by atoms with van der Waals surface area (Å²) in [5.41, 5.74) is 1.54. The fourth-order valence-electron chi connectivity index (χ4n) is 3.67. The minimum Gasteiger partial charge on any atom is -0.497 e. The Balaban J connectivity index is 1.69. The zero-order valence-electron chi connectivity index (χ0n) is 16.0. The van der Waals surface area contributed by atoms with Crippen LogP contribution in [0.25, 0.3) is 0 Å². The van der Waals surface area contributed by atoms with E-state index < -0.39 is 9.84 Å². The molecule has 0 saturated carbocycles. The van der Waals surface area contributed by atoms with Crippen LogP contribution in [0.5, 0.6) is 11.5 Å². The van der Waals surface area contributed by atoms with Crippen LogP contribution in [0, 0.1) is 5.82 Å². The largest absolute Gasteiger partial charge is 0.497 e. The van der Waals surface area contributed by atoms with Crippen molar-refractivity contribution in [2.45, 2.75) is 17.8 Å². The number of ether oxygens (including phenoxy) is 2. The molecule has 0 radical (unpaired) electrons. The monoisotopic (exact) mass is 436 g/mol. The van der Waals surface area contributed by atoms with E-state index in [4.69, 9.17) is 14.5 Å². The molecule has 2 atom stereocenters. The second-order valence-corrected chi connectivity index (χ2v) is 10.0. The van der Waals surface area contributed by atoms with Crippen LogP contribution >= 0.6 is 11.8 Å². The van der Waals surface area contributed by atoms with Crippen molar-refractivity contribution in [1.29, 1.82) is 0 Å². The average Bonchev–Trinajstić information content (AvgIpc) is 3.16. The smallest absolute Gasteiger partial charge is 0.164 e. The number of hydrogen-bond donors (Lipinski definition) is 0. The minimum absolute atomic E-state index is 0.0322. The van der Waals surface area contributed by atoms with Crippen LogP contribution in [0.1, 0.15) is 5.56 Å². The summed E-state index contributed by atoms with van der Waals surface area (Å²) in [7, 11) is -0.0116. The maximum atomic E-state index is 13.5. The summed E-state index contributed by atoms with van der Waals surface area (Å²) < 4.78 is 48.8. The van der Waals surface area contributed by atoms with Gasteiger partial charge in [-0.25, -0.2) is 12.8 Å². The molecule has 0 unspecified atom stereocenters. The Morgan fingerprint density at radius 2 is 2.00 bits per heavy atom. The number of methoxy groups -OCH3 is 2. The number of halogens is 1. The Bertz CT molecular complexity index is 1060. The van der Waals surface area contributed by atoms with Gasteiger partial charge in [0, 0.05) is 11.8 Å². The molecule has 2 heterocycles. The van der Waals surface area contributed by atoms with Crippen molar-refractivity contribution < 1.29 is 22.3 Å². The molecular weight excluding hydrogens is 415 g/mol. The molecule has 2 aromatic carbocycles. The first-order valence-corrected chi connectivity index (χ1v) is 11.9. The van der Waals surface area contributed by atoms with Gasteiger partial charge in [-0.05, 0) is 29.8 Å². The third-order valence-corrected chi connectivity index (χ3v) is 7.75. The maximum absolute atomic E-state index is 13.5. The molecule has 2 aliphatic rings. The Hall–Kier alpha value is -2.26. The third-order valence-electron chi connectivity index (χ3n) is 5.01. The molecule has 0 aliphatic carbocycles. The summed E-state index contributed by atoms with van der Waals surface area (Å²) in [4.78, 5) is 6.64. The molecule has 0 amide bonds. The quantitative estimate of drug-likeness (QED) is 0.718. The lowest BCUT2D eigenvalue weighted by Gasteiger charge is -2.28. The molecule has 1 fully saturated rings. The van der Waals surface area contributed by atoms with E-state index in [0.29, 0.717) is 28.1 Å². The van der Waals surface area contributed by atoms with Gasteiger partial charge in [0.2, 0.25) is 0 Å². The fourth-order valence-corrected chi connectivity index (χ4v) is 6.58. The number of sulfone groups is 1. The highest BCUT2D eigenvalue weighted by molar-refractivity contribution is 8.13. The van der Waals surface area contributed by atoms with Crippen LogP contribution in [-0.4, -0.2) is 51.4 Å². The number of thioether (sulfide) groups is 1. The SMILES string of the molecule is COc1ccc(OC)c(N2C(SCc3cccc(F)c3)=N[C@@H]3CS(=O)(=O)C[C@@H]32)c1. The standard InChI is InChI=1S/C20H21FN2O4S2/c1-26-15-6-7-19(27-2)17(9-15)23-18-12-29(24,25)11-16(18)22-20(23)28-10-13-4-3-5-14(21)8-13/h3-9,16,18H,10-12H2,1-2H3/t16-,18+/m1/s1. The van der Waals surface area contributed by atoms with E-state index in [1.54, 1.807) is 32.4 Å². The molecule has 2 aliphatic heterocycles. The number of benzene rings is 2. The zero-order chi connectivity index (χ0) is 20.6. The molecule has 4 rings (SSSR count). The average molecular weight is 437 g/mol. The molecule has 1 saturated heterocycles. The lowest BCUT2D eigenvalue weighted by atomic mass is 10.1. The van der Waals surface area contributed by atoms with Crippen molar-refractivity contribution in [3.05, 3.63) is 53.8 Å². The van der Waals surface area contributed by atoms with Gasteiger partial charge in [-0.3, -0.25) is 4.99 Å². The summed E-state index contributed by atoms with van der Waals surface area (Å²) in [6, 6.07) is 11.2. The highest BCUT2D eigenvalue weighted by Gasteiger charge is 2.47. The Morgan fingerprint density at radius 1 is 1.17 bits per heavy atom. The van der Waals surface area contributed by atoms with Crippen LogP contribution in [0.2, 0.25) is 0 Å². The topological polar surface area (TPSA) is 68.2 Å². The minimum atomic E-state index is -3.16. The molecular formula is C20H21FN2O4S2. The lowest BCUT2D eigenvalue weighted by Crippen LogP contribution is -2.39. The van der Waals surface area contributed by atoms with Crippen molar-refractivity contribution in [3.8, 4) is 11.5 Å². The molecule has 9 heteroatoms. The van der Waals surface area contributed by atoms with Gasteiger partial charge in [-0.1, -0.05) is 23.9 Å². The number of hydrogen-bond acceptors (Lipinski definition) is 7. The van der Waals surface area contributed by atoms with Gasteiger partial charge in [-0.2, -0.15) is 0 Å². The van der Waals surface area contributed by atoms with E-state index in [0.717, 1.165) is 5.56 Å². The van der Waals surface area contributed by atoms with Gasteiger partial charge in [0.25, 0.3) is 0 Å². The molecule has 0 spiro atoms. The molecule has 0 bridgehead atoms. The molecule has 0 aromatic heterocycles. The number of rotatable bonds is 5. The predicted octanol–water partition coefficient (Wildman–Crippen LogP) is 3.12. The highest BCUT2D eigenvalue weighted by Crippen LogP contribution is 2.41. The van der Waals surface area contributed by atoms with Crippen molar-refractivity contribution in [1.82, 2.24) is 0 Å². The van der Waals surface area contributed by atoms with Gasteiger partial charge < -0.3 is 14.4 Å². The lowest BCUT2D eigenvalue weighted by molar-refractivity contribution is 0.403. The number of aliphatic imine (C=N–C) groups is 1. The Morgan fingerprint density at radius 3 is 2.72 bits per heavy atom. The summed E-state index contributed by atoms with van der Waals surface area (Å²) in [5, 5.41) is 0.700. The van der Waals surface area contributed by atoms with E-state index in [1.165, 1.54) is 23.9 Å². The predicted molar refractivity (Wildman–Crippen MR) is 113 cm³/mol. The molecule has 154 valence electrons. The Labute approximate surface area is 173 Å². The summed E-state index contributed by atoms with van der Waals surface area (Å²) in [6.07, 6.45) is 0. The maximum Gasteiger partial charge on any atom is 0.164 e. The number of amidine groups is 1. The van der Waals surface area contributed by atoms with Crippen LogP contribution in [0.3, 0.4) is 0 Å². The highest BCUT2D eigenvalue weighted by atomic mass is 32.2. The Kier molecular flexibility index (Phi) is 5.44. The molecule has 2 aromatic rings. The van der Waals surface area contributed by atoms with Crippen molar-refractivity contribution in [3.63, 3.8) is 0 Å². The van der Waals surface area contributed by atoms with Crippen LogP contribution in [0.15, 0.2) is 47.5 Å². The summed E-state index contributed by atoms with van der Waals surface area (Å²) in [5.74, 6) is 1.54. The van der Waals surface area contributed by atoms with Gasteiger partial charge >= 0.3 is 0 Å². The summed E-state index contributed by atoms with van der Waals surface area (Å²) >= 11 is 1.46. The fraction of sp³-hybridized carbons (Fsp3) is 0.350.